The van der Waals surface area contributed by atoms with E-state index in [-0.39, 0.29) is 17.4 Å². The maximum atomic E-state index is 11.0. The molecule has 1 aromatic carbocycles. The van der Waals surface area contributed by atoms with Gasteiger partial charge in [0, 0.05) is 0 Å². The molecule has 108 valence electrons. The number of hydrogen-bond donors (Lipinski definition) is 3. The fraction of sp³-hybridized carbons (Fsp3) is 0.0769. The van der Waals surface area contributed by atoms with Crippen LogP contribution < -0.4 is 11.1 Å². The number of amides is 1. The lowest BCUT2D eigenvalue weighted by Crippen LogP contribution is -2.12. The molecule has 0 atom stereocenters. The number of carbonyl (C=O) groups excluding carboxylic acids is 1. The summed E-state index contributed by atoms with van der Waals surface area (Å²) in [6, 6.07) is 9.55. The van der Waals surface area contributed by atoms with Crippen molar-refractivity contribution < 1.29 is 14.6 Å². The number of hydrogen-bond acceptors (Lipinski definition) is 7. The molecular weight excluding hydrogens is 274 g/mol. The number of phenols is 1. The maximum Gasteiger partial charge on any atom is 0.412 e. The van der Waals surface area contributed by atoms with E-state index in [1.165, 1.54) is 25.3 Å². The highest BCUT2D eigenvalue weighted by molar-refractivity contribution is 5.83. The Balaban J connectivity index is 2.18. The number of methoxy groups -OCH3 is 1. The molecule has 0 radical (unpaired) electrons. The first-order valence-electron chi connectivity index (χ1n) is 5.91. The first kappa shape index (κ1) is 14.3. The number of nitrogens with two attached hydrogens (primary N) is 1. The largest absolute Gasteiger partial charge is 0.506 e. The Kier molecular flexibility index (Phi) is 4.30. The van der Waals surface area contributed by atoms with Crippen LogP contribution in [0.4, 0.5) is 27.8 Å². The van der Waals surface area contributed by atoms with Gasteiger partial charge >= 0.3 is 6.09 Å². The summed E-state index contributed by atoms with van der Waals surface area (Å²) in [5.74, 6) is 0.334. The van der Waals surface area contributed by atoms with Crippen LogP contribution >= 0.6 is 0 Å². The molecule has 8 nitrogen and oxygen atoms in total. The average Bonchev–Trinajstić information content (AvgIpc) is 2.48. The van der Waals surface area contributed by atoms with Crippen LogP contribution in [0.15, 0.2) is 46.6 Å². The lowest BCUT2D eigenvalue weighted by Gasteiger charge is -2.04. The minimum absolute atomic E-state index is 0.0109. The van der Waals surface area contributed by atoms with E-state index in [9.17, 15) is 9.90 Å². The summed E-state index contributed by atoms with van der Waals surface area (Å²) in [7, 11) is 1.24. The van der Waals surface area contributed by atoms with Crippen LogP contribution in [0.25, 0.3) is 0 Å². The van der Waals surface area contributed by atoms with Gasteiger partial charge in [0.25, 0.3) is 0 Å². The topological polar surface area (TPSA) is 122 Å². The molecular formula is C13H13N5O3. The number of benzene rings is 1. The number of nitrogens with one attached hydrogen (secondary N) is 1. The van der Waals surface area contributed by atoms with Crippen molar-refractivity contribution in [2.45, 2.75) is 0 Å². The highest BCUT2D eigenvalue weighted by Gasteiger charge is 2.06. The summed E-state index contributed by atoms with van der Waals surface area (Å²) in [5.41, 5.74) is 6.35. The van der Waals surface area contributed by atoms with Gasteiger partial charge in [-0.15, -0.1) is 10.2 Å². The SMILES string of the molecule is COC(=O)Nc1ccc(N=Nc2ccccc2O)c(N)n1. The third kappa shape index (κ3) is 3.66. The number of phenolic OH excluding ortho intramolecular Hbond substituents is 1. The number of aromatic hydroxyl groups is 1. The van der Waals surface area contributed by atoms with Crippen molar-refractivity contribution in [3.63, 3.8) is 0 Å². The van der Waals surface area contributed by atoms with Gasteiger partial charge in [-0.1, -0.05) is 12.1 Å². The summed E-state index contributed by atoms with van der Waals surface area (Å²) in [5, 5.41) is 19.7. The molecule has 0 aliphatic heterocycles. The summed E-state index contributed by atoms with van der Waals surface area (Å²) in [4.78, 5) is 15.0. The van der Waals surface area contributed by atoms with E-state index in [4.69, 9.17) is 5.73 Å². The van der Waals surface area contributed by atoms with Crippen molar-refractivity contribution in [2.24, 2.45) is 10.2 Å². The van der Waals surface area contributed by atoms with E-state index in [2.05, 4.69) is 25.3 Å². The highest BCUT2D eigenvalue weighted by Crippen LogP contribution is 2.29. The van der Waals surface area contributed by atoms with Crippen molar-refractivity contribution in [1.29, 1.82) is 0 Å². The number of azo groups is 1. The molecule has 8 heteroatoms. The molecule has 0 aliphatic carbocycles. The zero-order valence-electron chi connectivity index (χ0n) is 11.1. The van der Waals surface area contributed by atoms with E-state index in [1.807, 2.05) is 0 Å². The van der Waals surface area contributed by atoms with E-state index in [0.717, 1.165) is 0 Å². The summed E-state index contributed by atoms with van der Waals surface area (Å²) >= 11 is 0. The second-order valence-corrected chi connectivity index (χ2v) is 3.91. The molecule has 1 aromatic heterocycles. The molecule has 0 saturated heterocycles. The van der Waals surface area contributed by atoms with Gasteiger partial charge in [-0.3, -0.25) is 5.32 Å². The Hall–Kier alpha value is -3.16. The first-order valence-corrected chi connectivity index (χ1v) is 5.91. The van der Waals surface area contributed by atoms with Crippen LogP contribution in [0, 0.1) is 0 Å². The Labute approximate surface area is 120 Å². The minimum Gasteiger partial charge on any atom is -0.506 e. The van der Waals surface area contributed by atoms with Crippen LogP contribution in [-0.2, 0) is 4.74 Å². The van der Waals surface area contributed by atoms with Crippen molar-refractivity contribution in [3.05, 3.63) is 36.4 Å². The van der Waals surface area contributed by atoms with E-state index in [1.54, 1.807) is 18.2 Å². The maximum absolute atomic E-state index is 11.0. The van der Waals surface area contributed by atoms with Gasteiger partial charge < -0.3 is 15.6 Å². The predicted molar refractivity (Wildman–Crippen MR) is 77.0 cm³/mol. The van der Waals surface area contributed by atoms with Crippen LogP contribution in [0.1, 0.15) is 0 Å². The van der Waals surface area contributed by atoms with Gasteiger partial charge in [-0.05, 0) is 24.3 Å². The van der Waals surface area contributed by atoms with Crippen molar-refractivity contribution in [1.82, 2.24) is 4.98 Å². The van der Waals surface area contributed by atoms with E-state index in [0.29, 0.717) is 11.4 Å². The van der Waals surface area contributed by atoms with Crippen LogP contribution in [-0.4, -0.2) is 23.3 Å². The van der Waals surface area contributed by atoms with E-state index >= 15 is 0 Å². The van der Waals surface area contributed by atoms with Gasteiger partial charge in [0.1, 0.15) is 22.9 Å². The second kappa shape index (κ2) is 6.33. The minimum atomic E-state index is -0.648. The molecule has 2 rings (SSSR count). The molecule has 2 aromatic rings. The molecule has 21 heavy (non-hydrogen) atoms. The van der Waals surface area contributed by atoms with Gasteiger partial charge in [-0.25, -0.2) is 9.78 Å². The summed E-state index contributed by atoms with van der Waals surface area (Å²) < 4.78 is 4.44. The van der Waals surface area contributed by atoms with Gasteiger partial charge in [0.2, 0.25) is 0 Å². The third-order valence-electron chi connectivity index (χ3n) is 2.47. The van der Waals surface area contributed by atoms with Gasteiger partial charge in [-0.2, -0.15) is 0 Å². The first-order chi connectivity index (χ1) is 10.1. The summed E-state index contributed by atoms with van der Waals surface area (Å²) in [6.45, 7) is 0. The fourth-order valence-electron chi connectivity index (χ4n) is 1.43. The molecule has 0 unspecified atom stereocenters. The zero-order valence-corrected chi connectivity index (χ0v) is 11.1. The number of carbonyl (C=O) groups is 1. The molecule has 0 spiro atoms. The van der Waals surface area contributed by atoms with Gasteiger partial charge in [0.15, 0.2) is 5.82 Å². The van der Waals surface area contributed by atoms with Crippen molar-refractivity contribution in [2.75, 3.05) is 18.2 Å². The van der Waals surface area contributed by atoms with Crippen molar-refractivity contribution >= 4 is 29.1 Å². The Morgan fingerprint density at radius 1 is 1.24 bits per heavy atom. The predicted octanol–water partition coefficient (Wildman–Crippen LogP) is 2.96. The number of rotatable bonds is 3. The lowest BCUT2D eigenvalue weighted by atomic mass is 10.3. The Morgan fingerprint density at radius 2 is 1.95 bits per heavy atom. The molecule has 4 N–H and O–H groups in total. The molecule has 1 heterocycles. The molecule has 1 amide bonds. The summed E-state index contributed by atoms with van der Waals surface area (Å²) in [6.07, 6.45) is -0.648. The van der Waals surface area contributed by atoms with Crippen LogP contribution in [0.3, 0.4) is 0 Å². The normalized spacial score (nSPS) is 10.5. The van der Waals surface area contributed by atoms with E-state index < -0.39 is 6.09 Å². The highest BCUT2D eigenvalue weighted by atomic mass is 16.5. The van der Waals surface area contributed by atoms with Gasteiger partial charge in [0.05, 0.1) is 7.11 Å². The van der Waals surface area contributed by atoms with Crippen LogP contribution in [0.2, 0.25) is 0 Å². The number of aromatic nitrogens is 1. The second-order valence-electron chi connectivity index (χ2n) is 3.91. The molecule has 0 saturated carbocycles. The number of pyridine rings is 1. The smallest absolute Gasteiger partial charge is 0.412 e. The third-order valence-corrected chi connectivity index (χ3v) is 2.47. The number of ether oxygens (including phenoxy) is 1. The van der Waals surface area contributed by atoms with Crippen molar-refractivity contribution in [3.8, 4) is 5.75 Å². The Bertz CT molecular complexity index is 687. The molecule has 0 aliphatic rings. The number of anilines is 2. The lowest BCUT2D eigenvalue weighted by molar-refractivity contribution is 0.187. The number of nitrogens with zero attached hydrogens (tertiary/aromatic N) is 3. The zero-order chi connectivity index (χ0) is 15.2. The quantitative estimate of drug-likeness (QED) is 0.749. The fourth-order valence-corrected chi connectivity index (χ4v) is 1.43. The number of para-hydroxylation sites is 1. The standard InChI is InChI=1S/C13H13N5O3/c1-21-13(20)16-11-7-6-9(12(14)15-11)18-17-8-4-2-3-5-10(8)19/h2-7,19H,1H3,(H3,14,15,16,20). The molecule has 0 bridgehead atoms. The number of nitrogen functional groups attached to an aromatic ring is 1. The van der Waals surface area contributed by atoms with Crippen LogP contribution in [0.5, 0.6) is 5.75 Å². The molecule has 0 fully saturated rings. The average molecular weight is 287 g/mol. The Morgan fingerprint density at radius 3 is 2.62 bits per heavy atom. The monoisotopic (exact) mass is 287 g/mol.